The fourth-order valence-corrected chi connectivity index (χ4v) is 4.70. The van der Waals surface area contributed by atoms with Gasteiger partial charge in [-0.2, -0.15) is 18.4 Å². The molecule has 0 radical (unpaired) electrons. The number of nitrogens with one attached hydrogen (secondary N) is 1. The van der Waals surface area contributed by atoms with Crippen LogP contribution in [0.5, 0.6) is 0 Å². The average molecular weight is 482 g/mol. The van der Waals surface area contributed by atoms with E-state index < -0.39 is 12.6 Å². The van der Waals surface area contributed by atoms with Crippen LogP contribution in [0.1, 0.15) is 60.0 Å². The number of nitrogens with zero attached hydrogens (tertiary/aromatic N) is 4. The Hall–Kier alpha value is -3.18. The molecule has 1 aromatic carbocycles. The third-order valence-corrected chi connectivity index (χ3v) is 6.72. The monoisotopic (exact) mass is 481 g/mol. The highest BCUT2D eigenvalue weighted by Gasteiger charge is 2.27. The van der Waals surface area contributed by atoms with Crippen LogP contribution in [0.4, 0.5) is 19.0 Å². The van der Waals surface area contributed by atoms with Crippen molar-refractivity contribution in [2.75, 3.05) is 18.4 Å². The lowest BCUT2D eigenvalue weighted by Crippen LogP contribution is -2.39. The molecule has 5 nitrogen and oxygen atoms in total. The first-order valence-corrected chi connectivity index (χ1v) is 11.9. The Balaban J connectivity index is 1.37. The molecule has 2 heterocycles. The van der Waals surface area contributed by atoms with Crippen LogP contribution in [0.25, 0.3) is 11.6 Å². The van der Waals surface area contributed by atoms with E-state index in [1.165, 1.54) is 22.3 Å². The normalized spacial score (nSPS) is 16.5. The van der Waals surface area contributed by atoms with Gasteiger partial charge in [-0.25, -0.2) is 9.97 Å². The van der Waals surface area contributed by atoms with Gasteiger partial charge in [0.2, 0.25) is 0 Å². The van der Waals surface area contributed by atoms with Crippen molar-refractivity contribution in [3.63, 3.8) is 0 Å². The van der Waals surface area contributed by atoms with Gasteiger partial charge in [-0.15, -0.1) is 0 Å². The lowest BCUT2D eigenvalue weighted by atomic mass is 9.97. The number of halogens is 3. The number of benzene rings is 1. The zero-order valence-corrected chi connectivity index (χ0v) is 20.2. The number of anilines is 1. The molecule has 35 heavy (non-hydrogen) atoms. The highest BCUT2D eigenvalue weighted by molar-refractivity contribution is 5.70. The maximum atomic E-state index is 12.7. The summed E-state index contributed by atoms with van der Waals surface area (Å²) in [4.78, 5) is 11.1. The van der Waals surface area contributed by atoms with Crippen LogP contribution in [0.2, 0.25) is 0 Å². The Morgan fingerprint density at radius 2 is 2.00 bits per heavy atom. The van der Waals surface area contributed by atoms with Gasteiger partial charge in [0.05, 0.1) is 6.07 Å². The van der Waals surface area contributed by atoms with Crippen LogP contribution >= 0.6 is 0 Å². The van der Waals surface area contributed by atoms with Crippen LogP contribution < -0.4 is 5.32 Å². The Kier molecular flexibility index (Phi) is 7.27. The fourth-order valence-electron chi connectivity index (χ4n) is 4.70. The second-order valence-corrected chi connectivity index (χ2v) is 9.54. The molecule has 4 rings (SSSR count). The molecule has 184 valence electrons. The van der Waals surface area contributed by atoms with Crippen molar-refractivity contribution in [3.05, 3.63) is 64.1 Å². The summed E-state index contributed by atoms with van der Waals surface area (Å²) in [7, 11) is 0. The molecule has 1 saturated heterocycles. The maximum Gasteiger partial charge on any atom is 0.389 e. The molecule has 0 unspecified atom stereocenters. The lowest BCUT2D eigenvalue weighted by Gasteiger charge is -2.33. The molecule has 2 aliphatic rings. The third-order valence-electron chi connectivity index (χ3n) is 6.72. The van der Waals surface area contributed by atoms with Gasteiger partial charge in [0.1, 0.15) is 5.82 Å². The molecular weight excluding hydrogens is 451 g/mol. The van der Waals surface area contributed by atoms with Crippen LogP contribution in [0.15, 0.2) is 30.4 Å². The quantitative estimate of drug-likeness (QED) is 0.537. The van der Waals surface area contributed by atoms with E-state index in [9.17, 15) is 18.4 Å². The second kappa shape index (κ2) is 10.2. The fraction of sp³-hybridized carbons (Fsp3) is 0.444. The van der Waals surface area contributed by atoms with Crippen molar-refractivity contribution in [3.8, 4) is 6.07 Å². The van der Waals surface area contributed by atoms with E-state index in [0.29, 0.717) is 22.9 Å². The molecule has 0 amide bonds. The summed E-state index contributed by atoms with van der Waals surface area (Å²) in [5.41, 5.74) is 6.74. The van der Waals surface area contributed by atoms with E-state index in [-0.39, 0.29) is 12.5 Å². The number of fused-ring (bicyclic) bond motifs is 1. The van der Waals surface area contributed by atoms with Gasteiger partial charge in [0.25, 0.3) is 0 Å². The SMILES string of the molecule is C=C(C)c1nc(CCC(F)(F)F)cc(NC2CCN(Cc3ccc4c(c3C)C=C(C#N)C4)CC2)n1. The van der Waals surface area contributed by atoms with Crippen molar-refractivity contribution in [1.82, 2.24) is 14.9 Å². The highest BCUT2D eigenvalue weighted by Crippen LogP contribution is 2.30. The van der Waals surface area contributed by atoms with E-state index in [1.807, 2.05) is 6.08 Å². The van der Waals surface area contributed by atoms with Gasteiger partial charge in [0.15, 0.2) is 5.82 Å². The van der Waals surface area contributed by atoms with Crippen LogP contribution in [-0.2, 0) is 19.4 Å². The molecule has 0 spiro atoms. The highest BCUT2D eigenvalue weighted by atomic mass is 19.4. The number of aryl methyl sites for hydroxylation is 1. The smallest absolute Gasteiger partial charge is 0.367 e. The number of piperidine rings is 1. The van der Waals surface area contributed by atoms with E-state index >= 15 is 0 Å². The van der Waals surface area contributed by atoms with E-state index in [2.05, 4.69) is 51.9 Å². The Labute approximate surface area is 204 Å². The zero-order valence-electron chi connectivity index (χ0n) is 20.2. The number of rotatable bonds is 7. The number of aromatic nitrogens is 2. The number of hydrogen-bond acceptors (Lipinski definition) is 5. The number of alkyl halides is 3. The summed E-state index contributed by atoms with van der Waals surface area (Å²) < 4.78 is 38.1. The molecule has 2 aromatic rings. The van der Waals surface area contributed by atoms with E-state index in [4.69, 9.17) is 0 Å². The Morgan fingerprint density at radius 3 is 2.66 bits per heavy atom. The number of likely N-dealkylation sites (tertiary alicyclic amines) is 1. The van der Waals surface area contributed by atoms with Gasteiger partial charge >= 0.3 is 6.18 Å². The molecule has 0 saturated carbocycles. The predicted molar refractivity (Wildman–Crippen MR) is 132 cm³/mol. The lowest BCUT2D eigenvalue weighted by molar-refractivity contribution is -0.134. The molecule has 1 aliphatic heterocycles. The van der Waals surface area contributed by atoms with Gasteiger partial charge < -0.3 is 5.32 Å². The Bertz CT molecular complexity index is 1180. The minimum Gasteiger partial charge on any atom is -0.367 e. The topological polar surface area (TPSA) is 64.8 Å². The second-order valence-electron chi connectivity index (χ2n) is 9.54. The molecule has 0 bridgehead atoms. The summed E-state index contributed by atoms with van der Waals surface area (Å²) in [5, 5.41) is 12.6. The van der Waals surface area contributed by atoms with Gasteiger partial charge in [0, 0.05) is 55.9 Å². The summed E-state index contributed by atoms with van der Waals surface area (Å²) in [5.74, 6) is 0.938. The van der Waals surface area contributed by atoms with Gasteiger partial charge in [-0.3, -0.25) is 4.90 Å². The molecule has 1 aliphatic carbocycles. The maximum absolute atomic E-state index is 12.7. The van der Waals surface area contributed by atoms with Crippen LogP contribution in [-0.4, -0.2) is 40.2 Å². The van der Waals surface area contributed by atoms with Crippen molar-refractivity contribution >= 4 is 17.5 Å². The van der Waals surface area contributed by atoms with E-state index in [0.717, 1.165) is 44.5 Å². The summed E-state index contributed by atoms with van der Waals surface area (Å²) in [6, 6.07) is 8.40. The van der Waals surface area contributed by atoms with Gasteiger partial charge in [-0.05, 0) is 67.0 Å². The van der Waals surface area contributed by atoms with Crippen LogP contribution in [0, 0.1) is 18.3 Å². The number of nitriles is 1. The number of allylic oxidation sites excluding steroid dienone is 2. The largest absolute Gasteiger partial charge is 0.389 e. The van der Waals surface area contributed by atoms with Crippen molar-refractivity contribution in [1.29, 1.82) is 5.26 Å². The first-order chi connectivity index (χ1) is 16.6. The van der Waals surface area contributed by atoms with Crippen molar-refractivity contribution in [2.45, 2.75) is 64.7 Å². The van der Waals surface area contributed by atoms with E-state index in [1.54, 1.807) is 13.0 Å². The minimum atomic E-state index is -4.22. The summed E-state index contributed by atoms with van der Waals surface area (Å²) in [6.07, 6.45) is -0.760. The zero-order chi connectivity index (χ0) is 25.2. The van der Waals surface area contributed by atoms with Crippen molar-refractivity contribution < 1.29 is 13.2 Å². The average Bonchev–Trinajstić information content (AvgIpc) is 3.25. The minimum absolute atomic E-state index is 0.176. The Morgan fingerprint density at radius 1 is 1.26 bits per heavy atom. The summed E-state index contributed by atoms with van der Waals surface area (Å²) >= 11 is 0. The molecule has 1 fully saturated rings. The molecule has 1 aromatic heterocycles. The molecule has 1 N–H and O–H groups in total. The molecule has 8 heteroatoms. The summed E-state index contributed by atoms with van der Waals surface area (Å²) in [6.45, 7) is 10.4. The van der Waals surface area contributed by atoms with Crippen LogP contribution in [0.3, 0.4) is 0 Å². The first-order valence-electron chi connectivity index (χ1n) is 11.9. The van der Waals surface area contributed by atoms with Gasteiger partial charge in [-0.1, -0.05) is 18.7 Å². The molecular formula is C27H30F3N5. The first kappa shape index (κ1) is 24.9. The predicted octanol–water partition coefficient (Wildman–Crippen LogP) is 5.85. The van der Waals surface area contributed by atoms with Crippen molar-refractivity contribution in [2.24, 2.45) is 0 Å². The third kappa shape index (κ3) is 6.29. The standard InChI is InChI=1S/C27H30F3N5/c1-17(2)26-33-23(6-9-27(28,29)30)14-25(34-26)32-22-7-10-35(11-8-22)16-21-5-4-20-12-19(15-31)13-24(20)18(21)3/h4-5,13-14,22H,1,6-12,16H2,2-3H3,(H,32,33,34). The molecule has 0 atom stereocenters. The number of hydrogen-bond donors (Lipinski definition) is 1.